The molecule has 1 aromatic heterocycles. The number of halogens is 2. The Morgan fingerprint density at radius 2 is 2.13 bits per heavy atom. The van der Waals surface area contributed by atoms with Gasteiger partial charge in [-0.25, -0.2) is 0 Å². The summed E-state index contributed by atoms with van der Waals surface area (Å²) in [6.45, 7) is 4.00. The third-order valence-electron chi connectivity index (χ3n) is 1.27. The molecule has 0 spiro atoms. The van der Waals surface area contributed by atoms with Crippen LogP contribution in [0.15, 0.2) is 10.5 Å². The predicted octanol–water partition coefficient (Wildman–Crippen LogP) is 2.93. The van der Waals surface area contributed by atoms with Crippen molar-refractivity contribution in [2.75, 3.05) is 7.11 Å². The lowest BCUT2D eigenvalue weighted by molar-refractivity contribution is -0.388. The quantitative estimate of drug-likeness (QED) is 0.475. The van der Waals surface area contributed by atoms with Crippen LogP contribution in [-0.2, 0) is 0 Å². The van der Waals surface area contributed by atoms with Crippen molar-refractivity contribution in [3.05, 3.63) is 26.6 Å². The Balaban J connectivity index is 0.000000921. The van der Waals surface area contributed by atoms with Crippen LogP contribution in [-0.4, -0.2) is 17.0 Å². The van der Waals surface area contributed by atoms with Gasteiger partial charge in [0.05, 0.1) is 16.5 Å². The van der Waals surface area contributed by atoms with E-state index >= 15 is 0 Å². The van der Waals surface area contributed by atoms with Gasteiger partial charge in [-0.1, -0.05) is 13.8 Å². The molecule has 1 rings (SSSR count). The summed E-state index contributed by atoms with van der Waals surface area (Å²) in [6, 6.07) is 1.00. The number of nitro groups is 1. The fraction of sp³-hybridized carbons (Fsp3) is 0.375. The van der Waals surface area contributed by atoms with E-state index in [2.05, 4.69) is 25.7 Å². The zero-order valence-corrected chi connectivity index (χ0v) is 10.0. The molecule has 0 N–H and O–H groups in total. The fourth-order valence-corrected chi connectivity index (χ4v) is 1.18. The van der Waals surface area contributed by atoms with Crippen molar-refractivity contribution in [1.29, 1.82) is 0 Å². The molecule has 0 aliphatic rings. The van der Waals surface area contributed by atoms with E-state index in [1.807, 2.05) is 13.8 Å². The van der Waals surface area contributed by atoms with Crippen molar-refractivity contribution >= 4 is 21.6 Å². The lowest BCUT2D eigenvalue weighted by Crippen LogP contribution is -1.98. The zero-order chi connectivity index (χ0) is 12.0. The van der Waals surface area contributed by atoms with Crippen molar-refractivity contribution in [3.63, 3.8) is 0 Å². The molecule has 15 heavy (non-hydrogen) atoms. The van der Waals surface area contributed by atoms with Gasteiger partial charge in [-0.15, -0.1) is 0 Å². The molecule has 84 valence electrons. The van der Waals surface area contributed by atoms with Gasteiger partial charge >= 0.3 is 5.69 Å². The summed E-state index contributed by atoms with van der Waals surface area (Å²) in [5.74, 6) is -1.19. The highest BCUT2D eigenvalue weighted by Gasteiger charge is 2.19. The smallest absolute Gasteiger partial charge is 0.325 e. The highest BCUT2D eigenvalue weighted by molar-refractivity contribution is 9.10. The van der Waals surface area contributed by atoms with Gasteiger partial charge in [-0.05, 0) is 15.9 Å². The van der Waals surface area contributed by atoms with E-state index in [-0.39, 0.29) is 10.4 Å². The van der Waals surface area contributed by atoms with Gasteiger partial charge in [-0.2, -0.15) is 9.37 Å². The Labute approximate surface area is 94.6 Å². The number of ether oxygens (including phenoxy) is 1. The predicted molar refractivity (Wildman–Crippen MR) is 56.4 cm³/mol. The third-order valence-corrected chi connectivity index (χ3v) is 1.84. The topological polar surface area (TPSA) is 65.3 Å². The maximum absolute atomic E-state index is 12.8. The SMILES string of the molecule is CC.COc1nc(F)c([N+](=O)[O-])cc1Br. The molecule has 1 aromatic rings. The van der Waals surface area contributed by atoms with Gasteiger partial charge < -0.3 is 4.74 Å². The van der Waals surface area contributed by atoms with Gasteiger partial charge in [0.25, 0.3) is 5.95 Å². The second-order valence-corrected chi connectivity index (χ2v) is 2.90. The molecule has 0 bridgehead atoms. The van der Waals surface area contributed by atoms with Crippen LogP contribution in [0.1, 0.15) is 13.8 Å². The van der Waals surface area contributed by atoms with E-state index in [1.165, 1.54) is 7.11 Å². The summed E-state index contributed by atoms with van der Waals surface area (Å²) in [5.41, 5.74) is -0.687. The Hall–Kier alpha value is -1.24. The molecule has 0 aromatic carbocycles. The average Bonchev–Trinajstić information content (AvgIpc) is 2.23. The van der Waals surface area contributed by atoms with Crippen LogP contribution in [0.4, 0.5) is 10.1 Å². The van der Waals surface area contributed by atoms with Crippen molar-refractivity contribution in [1.82, 2.24) is 4.98 Å². The van der Waals surface area contributed by atoms with E-state index in [9.17, 15) is 14.5 Å². The van der Waals surface area contributed by atoms with E-state index < -0.39 is 16.6 Å². The maximum atomic E-state index is 12.8. The summed E-state index contributed by atoms with van der Waals surface area (Å²) in [7, 11) is 1.29. The minimum atomic E-state index is -1.16. The summed E-state index contributed by atoms with van der Waals surface area (Å²) in [4.78, 5) is 12.6. The largest absolute Gasteiger partial charge is 0.480 e. The van der Waals surface area contributed by atoms with E-state index in [0.29, 0.717) is 0 Å². The number of rotatable bonds is 2. The van der Waals surface area contributed by atoms with Crippen LogP contribution in [0.5, 0.6) is 5.88 Å². The molecule has 0 saturated carbocycles. The second kappa shape index (κ2) is 6.28. The van der Waals surface area contributed by atoms with E-state index in [4.69, 9.17) is 0 Å². The van der Waals surface area contributed by atoms with Gasteiger partial charge in [0.15, 0.2) is 0 Å². The van der Waals surface area contributed by atoms with Crippen LogP contribution >= 0.6 is 15.9 Å². The van der Waals surface area contributed by atoms with Gasteiger partial charge in [0.1, 0.15) is 0 Å². The minimum absolute atomic E-state index is 0.0249. The standard InChI is InChI=1S/C6H4BrFN2O3.C2H6/c1-13-6-3(7)2-4(10(11)12)5(8)9-6;1-2/h2H,1H3;1-2H3. The zero-order valence-electron chi connectivity index (χ0n) is 8.45. The third kappa shape index (κ3) is 3.43. The van der Waals surface area contributed by atoms with Crippen molar-refractivity contribution in [2.24, 2.45) is 0 Å². The number of methoxy groups -OCH3 is 1. The minimum Gasteiger partial charge on any atom is -0.480 e. The molecule has 0 aliphatic carbocycles. The van der Waals surface area contributed by atoms with Crippen molar-refractivity contribution in [3.8, 4) is 5.88 Å². The molecular weight excluding hydrogens is 271 g/mol. The number of pyridine rings is 1. The first-order valence-electron chi connectivity index (χ1n) is 4.10. The fourth-order valence-electron chi connectivity index (χ4n) is 0.712. The van der Waals surface area contributed by atoms with Gasteiger partial charge in [0, 0.05) is 6.07 Å². The van der Waals surface area contributed by atoms with Crippen molar-refractivity contribution < 1.29 is 14.1 Å². The number of nitrogens with zero attached hydrogens (tertiary/aromatic N) is 2. The molecule has 0 aliphatic heterocycles. The monoisotopic (exact) mass is 280 g/mol. The number of hydrogen-bond donors (Lipinski definition) is 0. The molecule has 0 fully saturated rings. The molecule has 0 unspecified atom stereocenters. The Morgan fingerprint density at radius 3 is 2.53 bits per heavy atom. The Bertz CT molecular complexity index is 360. The summed E-state index contributed by atoms with van der Waals surface area (Å²) < 4.78 is 17.7. The molecule has 7 heteroatoms. The van der Waals surface area contributed by atoms with Crippen molar-refractivity contribution in [2.45, 2.75) is 13.8 Å². The van der Waals surface area contributed by atoms with E-state index in [1.54, 1.807) is 0 Å². The van der Waals surface area contributed by atoms with E-state index in [0.717, 1.165) is 6.07 Å². The molecule has 0 radical (unpaired) electrons. The number of aromatic nitrogens is 1. The van der Waals surface area contributed by atoms with Crippen LogP contribution in [0.2, 0.25) is 0 Å². The first-order valence-corrected chi connectivity index (χ1v) is 4.90. The summed E-state index contributed by atoms with van der Waals surface area (Å²) in [6.07, 6.45) is 0. The molecule has 0 amide bonds. The molecule has 0 atom stereocenters. The second-order valence-electron chi connectivity index (χ2n) is 2.05. The van der Waals surface area contributed by atoms with Crippen LogP contribution in [0.3, 0.4) is 0 Å². The average molecular weight is 281 g/mol. The van der Waals surface area contributed by atoms with Crippen LogP contribution in [0, 0.1) is 16.1 Å². The summed E-state index contributed by atoms with van der Waals surface area (Å²) >= 11 is 2.95. The first kappa shape index (κ1) is 13.8. The normalized spacial score (nSPS) is 8.87. The molecular formula is C8H10BrFN2O3. The highest BCUT2D eigenvalue weighted by atomic mass is 79.9. The molecule has 5 nitrogen and oxygen atoms in total. The lowest BCUT2D eigenvalue weighted by atomic mass is 10.4. The van der Waals surface area contributed by atoms with Crippen LogP contribution in [0.25, 0.3) is 0 Å². The van der Waals surface area contributed by atoms with Crippen LogP contribution < -0.4 is 4.74 Å². The summed E-state index contributed by atoms with van der Waals surface area (Å²) in [5, 5.41) is 10.2. The van der Waals surface area contributed by atoms with Gasteiger partial charge in [-0.3, -0.25) is 10.1 Å². The lowest BCUT2D eigenvalue weighted by Gasteiger charge is -2.01. The molecule has 1 heterocycles. The first-order chi connectivity index (χ1) is 7.06. The highest BCUT2D eigenvalue weighted by Crippen LogP contribution is 2.28. The van der Waals surface area contributed by atoms with Gasteiger partial charge in [0.2, 0.25) is 5.88 Å². The maximum Gasteiger partial charge on any atom is 0.325 e. The number of hydrogen-bond acceptors (Lipinski definition) is 4. The Morgan fingerprint density at radius 1 is 1.60 bits per heavy atom. The Kier molecular flexibility index (Phi) is 5.76. The molecule has 0 saturated heterocycles.